The molecule has 0 unspecified atom stereocenters. The van der Waals surface area contributed by atoms with Crippen molar-refractivity contribution in [3.8, 4) is 11.5 Å². The van der Waals surface area contributed by atoms with E-state index in [4.69, 9.17) is 9.47 Å². The van der Waals surface area contributed by atoms with Crippen LogP contribution in [0.15, 0.2) is 79.0 Å². The van der Waals surface area contributed by atoms with Crippen molar-refractivity contribution in [2.75, 3.05) is 11.9 Å². The maximum absolute atomic E-state index is 12.1. The number of aromatic nitrogens is 1. The van der Waals surface area contributed by atoms with Crippen LogP contribution in [0.25, 0.3) is 6.08 Å². The second-order valence-electron chi connectivity index (χ2n) is 6.84. The van der Waals surface area contributed by atoms with Crippen LogP contribution in [0.4, 0.5) is 10.5 Å². The minimum atomic E-state index is -0.520. The molecule has 0 aliphatic rings. The van der Waals surface area contributed by atoms with Gasteiger partial charge in [-0.05, 0) is 54.5 Å². The molecule has 7 nitrogen and oxygen atoms in total. The second-order valence-corrected chi connectivity index (χ2v) is 6.84. The smallest absolute Gasteiger partial charge is 0.336 e. The molecule has 0 bridgehead atoms. The summed E-state index contributed by atoms with van der Waals surface area (Å²) in [5.74, 6) is 0.530. The van der Waals surface area contributed by atoms with Gasteiger partial charge in [0, 0.05) is 30.6 Å². The molecule has 1 heterocycles. The molecule has 2 aromatic carbocycles. The van der Waals surface area contributed by atoms with Crippen molar-refractivity contribution in [1.29, 1.82) is 0 Å². The van der Waals surface area contributed by atoms with E-state index in [1.807, 2.05) is 49.4 Å². The lowest BCUT2D eigenvalue weighted by Gasteiger charge is -2.08. The summed E-state index contributed by atoms with van der Waals surface area (Å²) in [5, 5.41) is 5.42. The average Bonchev–Trinajstić information content (AvgIpc) is 2.81. The van der Waals surface area contributed by atoms with Crippen LogP contribution in [0.5, 0.6) is 11.5 Å². The van der Waals surface area contributed by atoms with Gasteiger partial charge in [0.2, 0.25) is 0 Å². The molecule has 3 aromatic rings. The number of nitrogens with one attached hydrogen (secondary N) is 2. The van der Waals surface area contributed by atoms with Crippen molar-refractivity contribution in [2.45, 2.75) is 20.0 Å². The summed E-state index contributed by atoms with van der Waals surface area (Å²) in [7, 11) is 0. The normalized spacial score (nSPS) is 10.5. The number of ether oxygens (including phenoxy) is 2. The van der Waals surface area contributed by atoms with E-state index in [1.54, 1.807) is 36.5 Å². The first-order valence-corrected chi connectivity index (χ1v) is 10.3. The molecule has 0 atom stereocenters. The van der Waals surface area contributed by atoms with Gasteiger partial charge in [-0.25, -0.2) is 9.59 Å². The molecule has 1 aromatic heterocycles. The average molecular weight is 431 g/mol. The predicted molar refractivity (Wildman–Crippen MR) is 123 cm³/mol. The van der Waals surface area contributed by atoms with E-state index < -0.39 is 5.97 Å². The fourth-order valence-electron chi connectivity index (χ4n) is 2.68. The molecule has 2 amide bonds. The third-order valence-corrected chi connectivity index (χ3v) is 4.25. The zero-order valence-corrected chi connectivity index (χ0v) is 17.8. The van der Waals surface area contributed by atoms with Crippen LogP contribution in [0.2, 0.25) is 0 Å². The molecule has 164 valence electrons. The Balaban J connectivity index is 1.49. The largest absolute Gasteiger partial charge is 0.487 e. The third kappa shape index (κ3) is 7.60. The summed E-state index contributed by atoms with van der Waals surface area (Å²) in [6, 6.07) is 19.4. The maximum atomic E-state index is 12.1. The van der Waals surface area contributed by atoms with Crippen molar-refractivity contribution in [3.05, 3.63) is 90.3 Å². The third-order valence-electron chi connectivity index (χ3n) is 4.25. The SMILES string of the molecule is CCCNC(=O)Nc1cccc(OC(=O)/C=C/c2ccc(OCc3ccccn3)cc2)c1. The number of carbonyl (C=O) groups excluding carboxylic acids is 2. The van der Waals surface area contributed by atoms with E-state index in [-0.39, 0.29) is 6.03 Å². The number of benzene rings is 2. The van der Waals surface area contributed by atoms with Gasteiger partial charge in [0.25, 0.3) is 0 Å². The minimum Gasteiger partial charge on any atom is -0.487 e. The number of anilines is 1. The summed E-state index contributed by atoms with van der Waals surface area (Å²) in [6.45, 7) is 2.94. The molecule has 0 radical (unpaired) electrons. The molecule has 2 N–H and O–H groups in total. The van der Waals surface area contributed by atoms with Crippen LogP contribution in [0.1, 0.15) is 24.6 Å². The van der Waals surface area contributed by atoms with E-state index in [2.05, 4.69) is 15.6 Å². The fourth-order valence-corrected chi connectivity index (χ4v) is 2.68. The quantitative estimate of drug-likeness (QED) is 0.288. The van der Waals surface area contributed by atoms with Crippen LogP contribution < -0.4 is 20.1 Å². The molecule has 0 fully saturated rings. The monoisotopic (exact) mass is 431 g/mol. The molecule has 32 heavy (non-hydrogen) atoms. The minimum absolute atomic E-state index is 0.303. The zero-order valence-electron chi connectivity index (χ0n) is 17.8. The van der Waals surface area contributed by atoms with E-state index >= 15 is 0 Å². The molecule has 0 spiro atoms. The number of nitrogens with zero attached hydrogens (tertiary/aromatic N) is 1. The van der Waals surface area contributed by atoms with Gasteiger partial charge in [-0.15, -0.1) is 0 Å². The van der Waals surface area contributed by atoms with Gasteiger partial charge in [-0.3, -0.25) is 4.98 Å². The Labute approximate surface area is 187 Å². The number of hydrogen-bond acceptors (Lipinski definition) is 5. The topological polar surface area (TPSA) is 89.6 Å². The van der Waals surface area contributed by atoms with Crippen molar-refractivity contribution in [3.63, 3.8) is 0 Å². The number of esters is 1. The highest BCUT2D eigenvalue weighted by Gasteiger charge is 2.05. The highest BCUT2D eigenvalue weighted by Crippen LogP contribution is 2.18. The lowest BCUT2D eigenvalue weighted by molar-refractivity contribution is -0.128. The highest BCUT2D eigenvalue weighted by atomic mass is 16.5. The molecule has 0 aliphatic carbocycles. The number of rotatable bonds is 9. The van der Waals surface area contributed by atoms with Gasteiger partial charge in [0.05, 0.1) is 5.69 Å². The molecular weight excluding hydrogens is 406 g/mol. The molecule has 0 aliphatic heterocycles. The van der Waals surface area contributed by atoms with Gasteiger partial charge in [0.1, 0.15) is 18.1 Å². The summed E-state index contributed by atoms with van der Waals surface area (Å²) in [5.41, 5.74) is 2.21. The molecule has 7 heteroatoms. The first-order valence-electron chi connectivity index (χ1n) is 10.3. The Hall–Kier alpha value is -4.13. The number of urea groups is 1. The van der Waals surface area contributed by atoms with Crippen LogP contribution in [-0.4, -0.2) is 23.5 Å². The molecule has 3 rings (SSSR count). The second kappa shape index (κ2) is 11.9. The Bertz CT molecular complexity index is 1050. The first-order chi connectivity index (χ1) is 15.6. The summed E-state index contributed by atoms with van der Waals surface area (Å²) in [4.78, 5) is 28.1. The summed E-state index contributed by atoms with van der Waals surface area (Å²) in [6.07, 6.45) is 5.57. The Morgan fingerprint density at radius 1 is 1.00 bits per heavy atom. The Morgan fingerprint density at radius 3 is 2.59 bits per heavy atom. The molecule has 0 saturated carbocycles. The number of pyridine rings is 1. The van der Waals surface area contributed by atoms with E-state index in [9.17, 15) is 9.59 Å². The zero-order chi connectivity index (χ0) is 22.6. The number of carbonyl (C=O) groups is 2. The van der Waals surface area contributed by atoms with Crippen molar-refractivity contribution < 1.29 is 19.1 Å². The molecular formula is C25H25N3O4. The van der Waals surface area contributed by atoms with Gasteiger partial charge in [-0.1, -0.05) is 31.2 Å². The Morgan fingerprint density at radius 2 is 1.84 bits per heavy atom. The lowest BCUT2D eigenvalue weighted by Crippen LogP contribution is -2.29. The highest BCUT2D eigenvalue weighted by molar-refractivity contribution is 5.90. The van der Waals surface area contributed by atoms with Gasteiger partial charge >= 0.3 is 12.0 Å². The van der Waals surface area contributed by atoms with Gasteiger partial charge < -0.3 is 20.1 Å². The van der Waals surface area contributed by atoms with Crippen molar-refractivity contribution >= 4 is 23.8 Å². The number of hydrogen-bond donors (Lipinski definition) is 2. The first kappa shape index (κ1) is 22.6. The summed E-state index contributed by atoms with van der Waals surface area (Å²) >= 11 is 0. The van der Waals surface area contributed by atoms with E-state index in [0.29, 0.717) is 30.3 Å². The van der Waals surface area contributed by atoms with Gasteiger partial charge in [0.15, 0.2) is 0 Å². The van der Waals surface area contributed by atoms with E-state index in [0.717, 1.165) is 17.7 Å². The van der Waals surface area contributed by atoms with Crippen LogP contribution >= 0.6 is 0 Å². The van der Waals surface area contributed by atoms with E-state index in [1.165, 1.54) is 6.08 Å². The molecule has 0 saturated heterocycles. The van der Waals surface area contributed by atoms with Gasteiger partial charge in [-0.2, -0.15) is 0 Å². The van der Waals surface area contributed by atoms with Crippen molar-refractivity contribution in [2.24, 2.45) is 0 Å². The van der Waals surface area contributed by atoms with Crippen LogP contribution in [-0.2, 0) is 11.4 Å². The summed E-state index contributed by atoms with van der Waals surface area (Å²) < 4.78 is 11.0. The predicted octanol–water partition coefficient (Wildman–Crippen LogP) is 4.81. The fraction of sp³-hybridized carbons (Fsp3) is 0.160. The standard InChI is InChI=1S/C25H25N3O4/c1-2-15-27-25(30)28-20-7-5-8-23(17-20)32-24(29)14-11-19-9-12-22(13-10-19)31-18-21-6-3-4-16-26-21/h3-14,16-17H,2,15,18H2,1H3,(H2,27,28,30)/b14-11+. The number of amides is 2. The maximum Gasteiger partial charge on any atom is 0.336 e. The van der Waals surface area contributed by atoms with Crippen LogP contribution in [0.3, 0.4) is 0 Å². The van der Waals surface area contributed by atoms with Crippen LogP contribution in [0, 0.1) is 0 Å². The lowest BCUT2D eigenvalue weighted by atomic mass is 10.2. The Kier molecular flexibility index (Phi) is 8.39. The van der Waals surface area contributed by atoms with Crippen molar-refractivity contribution in [1.82, 2.24) is 10.3 Å².